The number of rotatable bonds is 5. The number of benzene rings is 9. The Morgan fingerprint density at radius 3 is 1.93 bits per heavy atom. The minimum atomic E-state index is -0.116. The van der Waals surface area contributed by atoms with Gasteiger partial charge >= 0.3 is 0 Å². The average molecular weight is 720 g/mol. The van der Waals surface area contributed by atoms with Crippen LogP contribution < -0.4 is 4.90 Å². The van der Waals surface area contributed by atoms with Crippen LogP contribution in [-0.2, 0) is 5.41 Å². The standard InChI is InChI=1S/C53H37NS/c1-53(2)46-24-9-7-21-42(46)43-31-29-38(33-47(43)53)54(48-25-13-27-50-52(48)45-22-8-10-26-49(45)55-50)37-18-11-17-36(32-37)41-30-28-35-15-4-6-20-40(35)51(41)44-23-12-16-34-14-3-5-19-39(34)44/h3-33H,1-2H3. The largest absolute Gasteiger partial charge is 0.310 e. The summed E-state index contributed by atoms with van der Waals surface area (Å²) in [6, 6.07) is 69.7. The first-order valence-electron chi connectivity index (χ1n) is 19.1. The fourth-order valence-corrected chi connectivity index (χ4v) is 10.4. The molecule has 0 saturated carbocycles. The van der Waals surface area contributed by atoms with E-state index in [1.165, 1.54) is 91.9 Å². The van der Waals surface area contributed by atoms with Crippen LogP contribution in [0.3, 0.4) is 0 Å². The lowest BCUT2D eigenvalue weighted by Gasteiger charge is -2.29. The van der Waals surface area contributed by atoms with Gasteiger partial charge in [0.25, 0.3) is 0 Å². The predicted molar refractivity (Wildman–Crippen MR) is 237 cm³/mol. The number of hydrogen-bond donors (Lipinski definition) is 0. The van der Waals surface area contributed by atoms with Crippen LogP contribution in [0.25, 0.3) is 75.1 Å². The van der Waals surface area contributed by atoms with Crippen molar-refractivity contribution < 1.29 is 0 Å². The van der Waals surface area contributed by atoms with Gasteiger partial charge in [-0.05, 0) is 109 Å². The molecule has 11 rings (SSSR count). The Morgan fingerprint density at radius 1 is 0.418 bits per heavy atom. The number of hydrogen-bond acceptors (Lipinski definition) is 2. The molecule has 1 aliphatic rings. The van der Waals surface area contributed by atoms with Gasteiger partial charge in [0.1, 0.15) is 0 Å². The van der Waals surface area contributed by atoms with Crippen molar-refractivity contribution >= 4 is 70.1 Å². The summed E-state index contributed by atoms with van der Waals surface area (Å²) in [4.78, 5) is 2.50. The van der Waals surface area contributed by atoms with Crippen molar-refractivity contribution in [1.29, 1.82) is 0 Å². The lowest BCUT2D eigenvalue weighted by atomic mass is 9.82. The van der Waals surface area contributed by atoms with Crippen LogP contribution in [0.15, 0.2) is 188 Å². The second-order valence-corrected chi connectivity index (χ2v) is 16.4. The topological polar surface area (TPSA) is 3.24 Å². The van der Waals surface area contributed by atoms with Gasteiger partial charge in [0.05, 0.1) is 5.69 Å². The molecule has 260 valence electrons. The highest BCUT2D eigenvalue weighted by Gasteiger charge is 2.36. The van der Waals surface area contributed by atoms with Gasteiger partial charge in [-0.3, -0.25) is 0 Å². The van der Waals surface area contributed by atoms with Gasteiger partial charge in [0, 0.05) is 37.0 Å². The minimum Gasteiger partial charge on any atom is -0.310 e. The highest BCUT2D eigenvalue weighted by atomic mass is 32.1. The maximum absolute atomic E-state index is 2.50. The normalized spacial score (nSPS) is 13.1. The van der Waals surface area contributed by atoms with Crippen LogP contribution in [0.1, 0.15) is 25.0 Å². The van der Waals surface area contributed by atoms with E-state index in [9.17, 15) is 0 Å². The summed E-state index contributed by atoms with van der Waals surface area (Å²) >= 11 is 1.87. The third-order valence-electron chi connectivity index (χ3n) is 11.9. The summed E-state index contributed by atoms with van der Waals surface area (Å²) in [5, 5.41) is 7.59. The Hall–Kier alpha value is -6.48. The lowest BCUT2D eigenvalue weighted by Crippen LogP contribution is -2.16. The van der Waals surface area contributed by atoms with Crippen molar-refractivity contribution in [3.8, 4) is 33.4 Å². The van der Waals surface area contributed by atoms with E-state index in [0.717, 1.165) is 11.4 Å². The molecule has 0 fully saturated rings. The number of fused-ring (bicyclic) bond motifs is 8. The van der Waals surface area contributed by atoms with Crippen LogP contribution in [0.5, 0.6) is 0 Å². The Balaban J connectivity index is 1.17. The first-order chi connectivity index (χ1) is 27.0. The van der Waals surface area contributed by atoms with Crippen molar-refractivity contribution in [3.63, 3.8) is 0 Å². The predicted octanol–water partition coefficient (Wildman–Crippen LogP) is 15.5. The van der Waals surface area contributed by atoms with Crippen LogP contribution in [0.4, 0.5) is 17.1 Å². The Labute approximate surface area is 325 Å². The van der Waals surface area contributed by atoms with E-state index < -0.39 is 0 Å². The van der Waals surface area contributed by atoms with E-state index in [-0.39, 0.29) is 5.41 Å². The maximum atomic E-state index is 2.50. The Kier molecular flexibility index (Phi) is 7.14. The van der Waals surface area contributed by atoms with Crippen LogP contribution in [0.2, 0.25) is 0 Å². The Morgan fingerprint density at radius 2 is 1.04 bits per heavy atom. The molecule has 0 unspecified atom stereocenters. The van der Waals surface area contributed by atoms with Crippen LogP contribution >= 0.6 is 11.3 Å². The van der Waals surface area contributed by atoms with Crippen molar-refractivity contribution in [3.05, 3.63) is 199 Å². The van der Waals surface area contributed by atoms with Gasteiger partial charge in [0.15, 0.2) is 0 Å². The molecule has 0 saturated heterocycles. The summed E-state index contributed by atoms with van der Waals surface area (Å²) < 4.78 is 2.60. The zero-order valence-corrected chi connectivity index (χ0v) is 31.6. The molecule has 0 N–H and O–H groups in total. The minimum absolute atomic E-state index is 0.116. The van der Waals surface area contributed by atoms with Crippen molar-refractivity contribution in [1.82, 2.24) is 0 Å². The number of anilines is 3. The molecule has 1 heterocycles. The molecule has 0 spiro atoms. The van der Waals surface area contributed by atoms with Crippen LogP contribution in [0, 0.1) is 0 Å². The van der Waals surface area contributed by atoms with Crippen molar-refractivity contribution in [2.45, 2.75) is 19.3 Å². The fourth-order valence-electron chi connectivity index (χ4n) is 9.26. The van der Waals surface area contributed by atoms with E-state index in [1.807, 2.05) is 11.3 Å². The monoisotopic (exact) mass is 719 g/mol. The zero-order valence-electron chi connectivity index (χ0n) is 30.8. The van der Waals surface area contributed by atoms with E-state index in [0.29, 0.717) is 0 Å². The fraction of sp³-hybridized carbons (Fsp3) is 0.0566. The highest BCUT2D eigenvalue weighted by Crippen LogP contribution is 2.52. The summed E-state index contributed by atoms with van der Waals surface area (Å²) in [7, 11) is 0. The molecule has 0 amide bonds. The van der Waals surface area contributed by atoms with Gasteiger partial charge in [-0.15, -0.1) is 11.3 Å². The van der Waals surface area contributed by atoms with E-state index in [4.69, 9.17) is 0 Å². The third-order valence-corrected chi connectivity index (χ3v) is 13.0. The SMILES string of the molecule is CC1(C)c2ccccc2-c2ccc(N(c3cccc(-c4ccc5ccccc5c4-c4cccc5ccccc45)c3)c3cccc4sc5ccccc5c34)cc21. The molecule has 9 aromatic carbocycles. The van der Waals surface area contributed by atoms with Gasteiger partial charge in [-0.25, -0.2) is 0 Å². The summed E-state index contributed by atoms with van der Waals surface area (Å²) in [6.45, 7) is 4.74. The molecule has 55 heavy (non-hydrogen) atoms. The van der Waals surface area contributed by atoms with E-state index in [2.05, 4.69) is 207 Å². The molecule has 1 aliphatic carbocycles. The smallest absolute Gasteiger partial charge is 0.0554 e. The van der Waals surface area contributed by atoms with Gasteiger partial charge in [-0.2, -0.15) is 0 Å². The average Bonchev–Trinajstić information content (AvgIpc) is 3.73. The lowest BCUT2D eigenvalue weighted by molar-refractivity contribution is 0.660. The van der Waals surface area contributed by atoms with Crippen molar-refractivity contribution in [2.75, 3.05) is 4.90 Å². The summed E-state index contributed by atoms with van der Waals surface area (Å²) in [6.07, 6.45) is 0. The van der Waals surface area contributed by atoms with Gasteiger partial charge in [0.2, 0.25) is 0 Å². The second kappa shape index (κ2) is 12.3. The first kappa shape index (κ1) is 32.0. The molecule has 0 aliphatic heterocycles. The number of thiophene rings is 1. The molecule has 2 heteroatoms. The quantitative estimate of drug-likeness (QED) is 0.171. The second-order valence-electron chi connectivity index (χ2n) is 15.3. The summed E-state index contributed by atoms with van der Waals surface area (Å²) in [5.41, 5.74) is 13.7. The molecular formula is C53H37NS. The van der Waals surface area contributed by atoms with E-state index in [1.54, 1.807) is 0 Å². The molecule has 1 nitrogen and oxygen atoms in total. The molecule has 1 aromatic heterocycles. The molecule has 0 bridgehead atoms. The zero-order chi connectivity index (χ0) is 36.7. The first-order valence-corrected chi connectivity index (χ1v) is 19.9. The Bertz CT molecular complexity index is 3140. The molecular weight excluding hydrogens is 683 g/mol. The highest BCUT2D eigenvalue weighted by molar-refractivity contribution is 7.26. The van der Waals surface area contributed by atoms with Gasteiger partial charge < -0.3 is 4.90 Å². The summed E-state index contributed by atoms with van der Waals surface area (Å²) in [5.74, 6) is 0. The third kappa shape index (κ3) is 4.92. The molecule has 10 aromatic rings. The molecule has 0 radical (unpaired) electrons. The van der Waals surface area contributed by atoms with Crippen molar-refractivity contribution in [2.24, 2.45) is 0 Å². The van der Waals surface area contributed by atoms with E-state index >= 15 is 0 Å². The maximum Gasteiger partial charge on any atom is 0.0554 e. The van der Waals surface area contributed by atoms with Crippen LogP contribution in [-0.4, -0.2) is 0 Å². The number of nitrogens with zero attached hydrogens (tertiary/aromatic N) is 1. The molecule has 0 atom stereocenters. The van der Waals surface area contributed by atoms with Gasteiger partial charge in [-0.1, -0.05) is 159 Å².